The molecule has 0 spiro atoms. The number of hydrogen-bond donors (Lipinski definition) is 1. The Morgan fingerprint density at radius 1 is 1.07 bits per heavy atom. The van der Waals surface area contributed by atoms with Crippen LogP contribution in [-0.2, 0) is 6.54 Å². The molecule has 0 fully saturated rings. The van der Waals surface area contributed by atoms with Crippen LogP contribution in [0.25, 0.3) is 0 Å². The van der Waals surface area contributed by atoms with Gasteiger partial charge in [-0.3, -0.25) is 9.59 Å². The van der Waals surface area contributed by atoms with Crippen LogP contribution in [0.2, 0.25) is 0 Å². The third kappa shape index (κ3) is 4.27. The summed E-state index contributed by atoms with van der Waals surface area (Å²) in [7, 11) is 0. The number of hydrogen-bond acceptors (Lipinski definition) is 4. The van der Waals surface area contributed by atoms with Crippen LogP contribution in [0.5, 0.6) is 0 Å². The number of nitrogens with one attached hydrogen (secondary N) is 1. The first-order valence-corrected chi connectivity index (χ1v) is 9.22. The van der Waals surface area contributed by atoms with Crippen LogP contribution in [0.1, 0.15) is 22.8 Å². The Labute approximate surface area is 161 Å². The van der Waals surface area contributed by atoms with Gasteiger partial charge >= 0.3 is 0 Å². The lowest BCUT2D eigenvalue weighted by Gasteiger charge is -2.11. The molecule has 27 heavy (non-hydrogen) atoms. The quantitative estimate of drug-likeness (QED) is 0.727. The third-order valence-electron chi connectivity index (χ3n) is 3.94. The van der Waals surface area contributed by atoms with E-state index in [1.165, 1.54) is 22.4 Å². The predicted octanol–water partition coefficient (Wildman–Crippen LogP) is 4.14. The number of carbonyl (C=O) groups is 1. The minimum absolute atomic E-state index is 0.112. The number of benzene rings is 2. The van der Waals surface area contributed by atoms with E-state index in [4.69, 9.17) is 0 Å². The van der Waals surface area contributed by atoms with Crippen molar-refractivity contribution in [1.82, 2.24) is 4.57 Å². The van der Waals surface area contributed by atoms with Gasteiger partial charge in [-0.1, -0.05) is 36.0 Å². The summed E-state index contributed by atoms with van der Waals surface area (Å²) in [5, 5.41) is 12.1. The molecular formula is C21H17N3O2S. The van der Waals surface area contributed by atoms with E-state index >= 15 is 0 Å². The second-order valence-corrected chi connectivity index (χ2v) is 6.79. The van der Waals surface area contributed by atoms with Gasteiger partial charge in [0.15, 0.2) is 0 Å². The summed E-state index contributed by atoms with van der Waals surface area (Å²) in [6, 6.07) is 19.7. The molecule has 1 aromatic heterocycles. The van der Waals surface area contributed by atoms with Crippen molar-refractivity contribution in [3.05, 3.63) is 88.3 Å². The molecule has 1 amide bonds. The van der Waals surface area contributed by atoms with Crippen molar-refractivity contribution < 1.29 is 4.79 Å². The zero-order chi connectivity index (χ0) is 19.2. The fourth-order valence-electron chi connectivity index (χ4n) is 2.56. The molecule has 0 aliphatic rings. The maximum atomic E-state index is 12.8. The van der Waals surface area contributed by atoms with Crippen molar-refractivity contribution in [1.29, 1.82) is 5.26 Å². The van der Waals surface area contributed by atoms with Crippen LogP contribution in [0.3, 0.4) is 0 Å². The van der Waals surface area contributed by atoms with Crippen LogP contribution in [-0.4, -0.2) is 10.5 Å². The van der Waals surface area contributed by atoms with Gasteiger partial charge in [0.1, 0.15) is 6.07 Å². The van der Waals surface area contributed by atoms with E-state index in [1.807, 2.05) is 37.3 Å². The summed E-state index contributed by atoms with van der Waals surface area (Å²) in [4.78, 5) is 26.0. The van der Waals surface area contributed by atoms with E-state index in [2.05, 4.69) is 11.4 Å². The van der Waals surface area contributed by atoms with E-state index in [0.717, 1.165) is 9.79 Å². The smallest absolute Gasteiger partial charge is 0.256 e. The first-order chi connectivity index (χ1) is 13.1. The maximum absolute atomic E-state index is 12.8. The van der Waals surface area contributed by atoms with Crippen molar-refractivity contribution >= 4 is 23.4 Å². The molecule has 6 heteroatoms. The van der Waals surface area contributed by atoms with Crippen LogP contribution >= 0.6 is 11.8 Å². The molecule has 0 aliphatic carbocycles. The van der Waals surface area contributed by atoms with Gasteiger partial charge in [0.05, 0.1) is 16.8 Å². The average molecular weight is 375 g/mol. The van der Waals surface area contributed by atoms with Crippen LogP contribution in [0.15, 0.2) is 81.4 Å². The summed E-state index contributed by atoms with van der Waals surface area (Å²) in [6.45, 7) is 2.39. The largest absolute Gasteiger partial charge is 0.321 e. The molecule has 0 saturated carbocycles. The molecule has 1 N–H and O–H groups in total. The highest BCUT2D eigenvalue weighted by atomic mass is 32.2. The van der Waals surface area contributed by atoms with Gasteiger partial charge < -0.3 is 9.88 Å². The zero-order valence-corrected chi connectivity index (χ0v) is 15.5. The van der Waals surface area contributed by atoms with Crippen molar-refractivity contribution in [2.24, 2.45) is 0 Å². The Hall–Kier alpha value is -3.30. The molecule has 0 saturated heterocycles. The highest BCUT2D eigenvalue weighted by molar-refractivity contribution is 7.99. The number of aryl methyl sites for hydroxylation is 1. The SMILES string of the molecule is CCn1cc(NC(=O)c2ccccc2Sc2ccccc2C#N)ccc1=O. The first-order valence-electron chi connectivity index (χ1n) is 8.40. The van der Waals surface area contributed by atoms with E-state index in [9.17, 15) is 14.9 Å². The lowest BCUT2D eigenvalue weighted by Crippen LogP contribution is -2.20. The number of nitriles is 1. The predicted molar refractivity (Wildman–Crippen MR) is 106 cm³/mol. The van der Waals surface area contributed by atoms with E-state index in [1.54, 1.807) is 30.5 Å². The molecule has 0 atom stereocenters. The molecule has 0 bridgehead atoms. The Kier molecular flexibility index (Phi) is 5.74. The highest BCUT2D eigenvalue weighted by Crippen LogP contribution is 2.32. The van der Waals surface area contributed by atoms with Crippen molar-refractivity contribution in [3.8, 4) is 6.07 Å². The highest BCUT2D eigenvalue weighted by Gasteiger charge is 2.14. The summed E-state index contributed by atoms with van der Waals surface area (Å²) in [6.07, 6.45) is 1.63. The summed E-state index contributed by atoms with van der Waals surface area (Å²) < 4.78 is 1.53. The number of nitrogens with zero attached hydrogens (tertiary/aromatic N) is 2. The van der Waals surface area contributed by atoms with Gasteiger partial charge in [0.2, 0.25) is 0 Å². The number of anilines is 1. The molecule has 1 heterocycles. The second-order valence-electron chi connectivity index (χ2n) is 5.70. The van der Waals surface area contributed by atoms with Gasteiger partial charge in [-0.15, -0.1) is 0 Å². The zero-order valence-electron chi connectivity index (χ0n) is 14.7. The minimum Gasteiger partial charge on any atom is -0.321 e. The Balaban J connectivity index is 1.88. The van der Waals surface area contributed by atoms with Crippen molar-refractivity contribution in [2.45, 2.75) is 23.3 Å². The average Bonchev–Trinajstić information content (AvgIpc) is 2.70. The summed E-state index contributed by atoms with van der Waals surface area (Å²) >= 11 is 1.38. The van der Waals surface area contributed by atoms with E-state index in [0.29, 0.717) is 23.4 Å². The lowest BCUT2D eigenvalue weighted by atomic mass is 10.2. The van der Waals surface area contributed by atoms with Crippen molar-refractivity contribution in [3.63, 3.8) is 0 Å². The fraction of sp³-hybridized carbons (Fsp3) is 0.0952. The molecule has 0 unspecified atom stereocenters. The molecule has 3 rings (SSSR count). The summed E-state index contributed by atoms with van der Waals surface area (Å²) in [5.41, 5.74) is 1.51. The monoisotopic (exact) mass is 375 g/mol. The van der Waals surface area contributed by atoms with E-state index < -0.39 is 0 Å². The third-order valence-corrected chi connectivity index (χ3v) is 5.09. The number of aromatic nitrogens is 1. The molecule has 2 aromatic carbocycles. The molecule has 5 nitrogen and oxygen atoms in total. The normalized spacial score (nSPS) is 10.2. The van der Waals surface area contributed by atoms with Crippen LogP contribution < -0.4 is 10.9 Å². The van der Waals surface area contributed by atoms with Gasteiger partial charge in [-0.05, 0) is 37.3 Å². The van der Waals surface area contributed by atoms with Gasteiger partial charge in [0.25, 0.3) is 11.5 Å². The van der Waals surface area contributed by atoms with Gasteiger partial charge in [-0.25, -0.2) is 0 Å². The molecular weight excluding hydrogens is 358 g/mol. The molecule has 0 radical (unpaired) electrons. The molecule has 0 aliphatic heterocycles. The second kappa shape index (κ2) is 8.39. The summed E-state index contributed by atoms with van der Waals surface area (Å²) in [5.74, 6) is -0.270. The van der Waals surface area contributed by atoms with Gasteiger partial charge in [0, 0.05) is 28.6 Å². The Morgan fingerprint density at radius 3 is 2.52 bits per heavy atom. The molecule has 3 aromatic rings. The molecule has 134 valence electrons. The number of amides is 1. The maximum Gasteiger partial charge on any atom is 0.256 e. The van der Waals surface area contributed by atoms with Crippen LogP contribution in [0.4, 0.5) is 5.69 Å². The van der Waals surface area contributed by atoms with E-state index in [-0.39, 0.29) is 11.5 Å². The standard InChI is InChI=1S/C21H17N3O2S/c1-2-24-14-16(11-12-20(24)25)23-21(26)17-8-4-6-10-19(17)27-18-9-5-3-7-15(18)13-22/h3-12,14H,2H2,1H3,(H,23,26). The fourth-order valence-corrected chi connectivity index (χ4v) is 3.59. The minimum atomic E-state index is -0.270. The van der Waals surface area contributed by atoms with Crippen LogP contribution in [0, 0.1) is 11.3 Å². The lowest BCUT2D eigenvalue weighted by molar-refractivity contribution is 0.102. The topological polar surface area (TPSA) is 74.9 Å². The number of rotatable bonds is 5. The Morgan fingerprint density at radius 2 is 1.78 bits per heavy atom. The van der Waals surface area contributed by atoms with Crippen molar-refractivity contribution in [2.75, 3.05) is 5.32 Å². The number of pyridine rings is 1. The number of carbonyl (C=O) groups excluding carboxylic acids is 1. The first kappa shape index (κ1) is 18.5. The van der Waals surface area contributed by atoms with Gasteiger partial charge in [-0.2, -0.15) is 5.26 Å². The Bertz CT molecular complexity index is 1080.